The Morgan fingerprint density at radius 3 is 2.67 bits per heavy atom. The van der Waals surface area contributed by atoms with Gasteiger partial charge in [0.25, 0.3) is 0 Å². The van der Waals surface area contributed by atoms with Crippen LogP contribution < -0.4 is 0 Å². The fourth-order valence-electron chi connectivity index (χ4n) is 1.62. The third-order valence-electron chi connectivity index (χ3n) is 2.62. The lowest BCUT2D eigenvalue weighted by Crippen LogP contribution is -2.06. The van der Waals surface area contributed by atoms with E-state index in [9.17, 15) is 17.6 Å². The molecule has 0 atom stereocenters. The van der Waals surface area contributed by atoms with E-state index in [0.29, 0.717) is 5.56 Å². The Morgan fingerprint density at radius 1 is 1.24 bits per heavy atom. The molecule has 109 valence electrons. The molecule has 1 aromatic carbocycles. The van der Waals surface area contributed by atoms with Gasteiger partial charge in [0.1, 0.15) is 5.82 Å². The number of alkyl halides is 3. The summed E-state index contributed by atoms with van der Waals surface area (Å²) >= 11 is 5.63. The van der Waals surface area contributed by atoms with E-state index < -0.39 is 17.6 Å². The third-order valence-corrected chi connectivity index (χ3v) is 2.91. The van der Waals surface area contributed by atoms with Gasteiger partial charge in [0.05, 0.1) is 16.3 Å². The number of nitrogens with zero attached hydrogens (tertiary/aromatic N) is 1. The van der Waals surface area contributed by atoms with Crippen molar-refractivity contribution < 1.29 is 17.6 Å². The minimum Gasteiger partial charge on any atom is -0.260 e. The molecule has 0 aliphatic carbocycles. The van der Waals surface area contributed by atoms with Gasteiger partial charge in [-0.15, -0.1) is 0 Å². The Bertz CT molecular complexity index is 665. The third kappa shape index (κ3) is 4.29. The quantitative estimate of drug-likeness (QED) is 0.731. The van der Waals surface area contributed by atoms with Crippen LogP contribution in [-0.2, 0) is 12.6 Å². The summed E-state index contributed by atoms with van der Waals surface area (Å²) < 4.78 is 50.5. The number of hydrogen-bond acceptors (Lipinski definition) is 1. The SMILES string of the molecule is Fc1ccc(C=CCc2[c]c(C(F)(F)F)ccn2)cc1Cl. The van der Waals surface area contributed by atoms with E-state index in [1.165, 1.54) is 18.2 Å². The summed E-state index contributed by atoms with van der Waals surface area (Å²) in [6.07, 6.45) is 0.0751. The van der Waals surface area contributed by atoms with Crippen LogP contribution in [0.15, 0.2) is 36.5 Å². The van der Waals surface area contributed by atoms with Gasteiger partial charge in [-0.05, 0) is 23.8 Å². The number of allylic oxidation sites excluding steroid dienone is 1. The van der Waals surface area contributed by atoms with Crippen LogP contribution in [0.25, 0.3) is 6.08 Å². The Hall–Kier alpha value is -1.88. The number of pyridine rings is 1. The number of benzene rings is 1. The molecule has 0 bridgehead atoms. The summed E-state index contributed by atoms with van der Waals surface area (Å²) in [4.78, 5) is 3.82. The molecule has 2 rings (SSSR count). The largest absolute Gasteiger partial charge is 0.417 e. The van der Waals surface area contributed by atoms with Crippen LogP contribution in [0.3, 0.4) is 0 Å². The molecule has 1 nitrogen and oxygen atoms in total. The van der Waals surface area contributed by atoms with Gasteiger partial charge in [-0.3, -0.25) is 4.98 Å². The first-order chi connectivity index (χ1) is 9.86. The number of halogens is 5. The van der Waals surface area contributed by atoms with E-state index in [2.05, 4.69) is 11.1 Å². The van der Waals surface area contributed by atoms with Gasteiger partial charge in [0.15, 0.2) is 0 Å². The maximum atomic E-state index is 13.0. The number of hydrogen-bond donors (Lipinski definition) is 0. The summed E-state index contributed by atoms with van der Waals surface area (Å²) in [7, 11) is 0. The summed E-state index contributed by atoms with van der Waals surface area (Å²) in [6.45, 7) is 0. The minimum atomic E-state index is -4.44. The Morgan fingerprint density at radius 2 is 2.00 bits per heavy atom. The highest BCUT2D eigenvalue weighted by Crippen LogP contribution is 2.28. The fraction of sp³-hybridized carbons (Fsp3) is 0.133. The maximum Gasteiger partial charge on any atom is 0.417 e. The van der Waals surface area contributed by atoms with Gasteiger partial charge in [0.2, 0.25) is 0 Å². The minimum absolute atomic E-state index is 0.0130. The summed E-state index contributed by atoms with van der Waals surface area (Å²) in [5.41, 5.74) is -0.0339. The van der Waals surface area contributed by atoms with Gasteiger partial charge in [-0.25, -0.2) is 4.39 Å². The average Bonchev–Trinajstić information content (AvgIpc) is 2.42. The van der Waals surface area contributed by atoms with E-state index in [4.69, 9.17) is 11.6 Å². The van der Waals surface area contributed by atoms with Crippen LogP contribution >= 0.6 is 11.6 Å². The molecule has 0 unspecified atom stereocenters. The second kappa shape index (κ2) is 6.26. The summed E-state index contributed by atoms with van der Waals surface area (Å²) in [5, 5.41) is -0.0130. The molecule has 0 amide bonds. The molecular weight excluding hydrogens is 306 g/mol. The number of rotatable bonds is 3. The van der Waals surface area contributed by atoms with Crippen LogP contribution in [-0.4, -0.2) is 4.98 Å². The topological polar surface area (TPSA) is 12.9 Å². The lowest BCUT2D eigenvalue weighted by atomic mass is 10.1. The first kappa shape index (κ1) is 15.5. The van der Waals surface area contributed by atoms with Crippen LogP contribution in [0.2, 0.25) is 5.02 Å². The molecule has 0 fully saturated rings. The predicted molar refractivity (Wildman–Crippen MR) is 72.2 cm³/mol. The molecule has 0 aliphatic rings. The second-order valence-corrected chi connectivity index (χ2v) is 4.62. The highest BCUT2D eigenvalue weighted by atomic mass is 35.5. The van der Waals surface area contributed by atoms with E-state index in [0.717, 1.165) is 12.3 Å². The Labute approximate surface area is 123 Å². The van der Waals surface area contributed by atoms with Crippen molar-refractivity contribution in [2.75, 3.05) is 0 Å². The maximum absolute atomic E-state index is 13.0. The monoisotopic (exact) mass is 314 g/mol. The van der Waals surface area contributed by atoms with Crippen molar-refractivity contribution in [3.05, 3.63) is 70.3 Å². The Balaban J connectivity index is 2.09. The number of aromatic nitrogens is 1. The van der Waals surface area contributed by atoms with Crippen molar-refractivity contribution in [2.45, 2.75) is 12.6 Å². The van der Waals surface area contributed by atoms with Crippen molar-refractivity contribution >= 4 is 17.7 Å². The van der Waals surface area contributed by atoms with E-state index in [-0.39, 0.29) is 17.1 Å². The molecule has 0 aliphatic heterocycles. The van der Waals surface area contributed by atoms with E-state index in [1.54, 1.807) is 12.2 Å². The molecule has 0 N–H and O–H groups in total. The van der Waals surface area contributed by atoms with Crippen molar-refractivity contribution in [2.24, 2.45) is 0 Å². The highest BCUT2D eigenvalue weighted by molar-refractivity contribution is 6.30. The molecule has 21 heavy (non-hydrogen) atoms. The van der Waals surface area contributed by atoms with Crippen LogP contribution in [0.4, 0.5) is 17.6 Å². The molecule has 0 spiro atoms. The highest BCUT2D eigenvalue weighted by Gasteiger charge is 2.30. The smallest absolute Gasteiger partial charge is 0.260 e. The van der Waals surface area contributed by atoms with Gasteiger partial charge < -0.3 is 0 Å². The summed E-state index contributed by atoms with van der Waals surface area (Å²) in [5.74, 6) is -0.526. The predicted octanol–water partition coefficient (Wildman–Crippen LogP) is 4.95. The zero-order chi connectivity index (χ0) is 15.5. The van der Waals surface area contributed by atoms with Gasteiger partial charge in [-0.2, -0.15) is 13.2 Å². The first-order valence-electron chi connectivity index (χ1n) is 5.92. The van der Waals surface area contributed by atoms with Crippen LogP contribution in [0.5, 0.6) is 0 Å². The normalized spacial score (nSPS) is 12.0. The van der Waals surface area contributed by atoms with Crippen molar-refractivity contribution in [1.29, 1.82) is 0 Å². The van der Waals surface area contributed by atoms with E-state index >= 15 is 0 Å². The standard InChI is InChI=1S/C15H9ClF4N/c16-13-8-10(4-5-14(13)17)2-1-3-12-9-11(6-7-21-12)15(18,19)20/h1-2,4-8H,3H2. The summed E-state index contributed by atoms with van der Waals surface area (Å²) in [6, 6.07) is 7.25. The molecule has 1 radical (unpaired) electrons. The molecule has 0 saturated carbocycles. The van der Waals surface area contributed by atoms with Crippen molar-refractivity contribution in [3.8, 4) is 0 Å². The Kier molecular flexibility index (Phi) is 4.63. The van der Waals surface area contributed by atoms with Gasteiger partial charge in [0, 0.05) is 18.7 Å². The molecule has 6 heteroatoms. The lowest BCUT2D eigenvalue weighted by molar-refractivity contribution is -0.137. The van der Waals surface area contributed by atoms with Crippen molar-refractivity contribution in [3.63, 3.8) is 0 Å². The zero-order valence-corrected chi connectivity index (χ0v) is 11.3. The van der Waals surface area contributed by atoms with Gasteiger partial charge >= 0.3 is 6.18 Å². The average molecular weight is 315 g/mol. The fourth-order valence-corrected chi connectivity index (χ4v) is 1.81. The van der Waals surface area contributed by atoms with E-state index in [1.807, 2.05) is 0 Å². The second-order valence-electron chi connectivity index (χ2n) is 4.21. The molecule has 1 aromatic heterocycles. The lowest BCUT2D eigenvalue weighted by Gasteiger charge is -2.06. The zero-order valence-electron chi connectivity index (χ0n) is 10.6. The van der Waals surface area contributed by atoms with Crippen molar-refractivity contribution in [1.82, 2.24) is 4.98 Å². The molecular formula is C15H9ClF4N. The molecule has 1 heterocycles. The van der Waals surface area contributed by atoms with Crippen LogP contribution in [0.1, 0.15) is 16.8 Å². The first-order valence-corrected chi connectivity index (χ1v) is 6.30. The molecule has 0 saturated heterocycles. The van der Waals surface area contributed by atoms with Crippen LogP contribution in [0, 0.1) is 11.9 Å². The molecule has 2 aromatic rings. The van der Waals surface area contributed by atoms with Gasteiger partial charge in [-0.1, -0.05) is 29.8 Å².